The van der Waals surface area contributed by atoms with Crippen LogP contribution in [0.25, 0.3) is 0 Å². The second-order valence-corrected chi connectivity index (χ2v) is 14.3. The van der Waals surface area contributed by atoms with Crippen LogP contribution in [-0.2, 0) is 0 Å². The molecular formula is C16H30O2S6. The number of thioether (sulfide) groups is 6. The summed E-state index contributed by atoms with van der Waals surface area (Å²) in [4.78, 5) is 0. The van der Waals surface area contributed by atoms with Gasteiger partial charge in [0.2, 0.25) is 0 Å². The van der Waals surface area contributed by atoms with Crippen LogP contribution in [0.4, 0.5) is 0 Å². The van der Waals surface area contributed by atoms with E-state index < -0.39 is 0 Å². The third-order valence-corrected chi connectivity index (χ3v) is 13.8. The quantitative estimate of drug-likeness (QED) is 0.405. The summed E-state index contributed by atoms with van der Waals surface area (Å²) in [5.41, 5.74) is 0. The van der Waals surface area contributed by atoms with Crippen molar-refractivity contribution in [3.63, 3.8) is 0 Å². The second-order valence-electron chi connectivity index (χ2n) is 5.92. The van der Waals surface area contributed by atoms with Crippen LogP contribution < -0.4 is 0 Å². The fourth-order valence-corrected chi connectivity index (χ4v) is 12.6. The molecule has 0 bridgehead atoms. The molecule has 0 aliphatic carbocycles. The highest BCUT2D eigenvalue weighted by Crippen LogP contribution is 2.42. The Bertz CT molecular complexity index is 293. The third-order valence-electron chi connectivity index (χ3n) is 3.87. The molecule has 24 heavy (non-hydrogen) atoms. The Hall–Kier alpha value is 2.02. The molecule has 0 amide bonds. The molecule has 0 spiro atoms. The lowest BCUT2D eigenvalue weighted by Crippen LogP contribution is -2.04. The van der Waals surface area contributed by atoms with E-state index in [1.807, 2.05) is 0 Å². The van der Waals surface area contributed by atoms with Gasteiger partial charge in [0.25, 0.3) is 0 Å². The Morgan fingerprint density at radius 1 is 0.750 bits per heavy atom. The van der Waals surface area contributed by atoms with Gasteiger partial charge >= 0.3 is 0 Å². The molecule has 2 nitrogen and oxygen atoms in total. The Kier molecular flexibility index (Phi) is 13.1. The van der Waals surface area contributed by atoms with Crippen LogP contribution in [0.1, 0.15) is 25.7 Å². The molecule has 2 fully saturated rings. The van der Waals surface area contributed by atoms with E-state index in [0.29, 0.717) is 13.2 Å². The lowest BCUT2D eigenvalue weighted by molar-refractivity contribution is 0.284. The number of aliphatic hydroxyl groups excluding tert-OH is 2. The van der Waals surface area contributed by atoms with Crippen LogP contribution in [0, 0.1) is 0 Å². The van der Waals surface area contributed by atoms with E-state index in [9.17, 15) is 0 Å². The van der Waals surface area contributed by atoms with Gasteiger partial charge in [-0.05, 0) is 25.7 Å². The molecule has 2 aliphatic rings. The van der Waals surface area contributed by atoms with Crippen LogP contribution in [0.15, 0.2) is 0 Å². The smallest absolute Gasteiger partial charge is 0.0596 e. The van der Waals surface area contributed by atoms with E-state index in [1.165, 1.54) is 47.4 Å². The van der Waals surface area contributed by atoms with Crippen molar-refractivity contribution >= 4 is 70.6 Å². The standard InChI is InChI=1S/C16H30O2S6/c17-5-1-3-13-9-21-15(23-13)11-19-7-8-20-12-16-22-10-14(24-16)4-2-6-18/h13-18H,1-12H2. The fourth-order valence-electron chi connectivity index (χ4n) is 2.61. The van der Waals surface area contributed by atoms with Gasteiger partial charge < -0.3 is 10.2 Å². The van der Waals surface area contributed by atoms with Gasteiger partial charge in [-0.1, -0.05) is 0 Å². The molecule has 8 heteroatoms. The maximum atomic E-state index is 8.91. The number of hydrogen-bond donors (Lipinski definition) is 2. The van der Waals surface area contributed by atoms with Gasteiger partial charge in [0.15, 0.2) is 0 Å². The first-order chi connectivity index (χ1) is 11.8. The van der Waals surface area contributed by atoms with E-state index >= 15 is 0 Å². The van der Waals surface area contributed by atoms with E-state index in [2.05, 4.69) is 70.6 Å². The molecule has 0 saturated carbocycles. The van der Waals surface area contributed by atoms with Crippen LogP contribution in [-0.4, -0.2) is 77.6 Å². The summed E-state index contributed by atoms with van der Waals surface area (Å²) in [5, 5.41) is 19.4. The second kappa shape index (κ2) is 14.1. The minimum absolute atomic E-state index is 0.345. The van der Waals surface area contributed by atoms with Crippen molar-refractivity contribution < 1.29 is 10.2 Å². The lowest BCUT2D eigenvalue weighted by atomic mass is 10.2. The van der Waals surface area contributed by atoms with Crippen molar-refractivity contribution in [1.29, 1.82) is 0 Å². The predicted octanol–water partition coefficient (Wildman–Crippen LogP) is 4.35. The first-order valence-corrected chi connectivity index (χ1v) is 15.0. The van der Waals surface area contributed by atoms with Crippen molar-refractivity contribution in [2.75, 3.05) is 47.7 Å². The van der Waals surface area contributed by atoms with Gasteiger partial charge in [0, 0.05) is 58.2 Å². The Morgan fingerprint density at radius 3 is 1.62 bits per heavy atom. The first-order valence-electron chi connectivity index (χ1n) is 8.73. The van der Waals surface area contributed by atoms with Gasteiger partial charge in [0.1, 0.15) is 0 Å². The minimum Gasteiger partial charge on any atom is -0.396 e. The summed E-state index contributed by atoms with van der Waals surface area (Å²) in [5.74, 6) is 7.67. The minimum atomic E-state index is 0.345. The summed E-state index contributed by atoms with van der Waals surface area (Å²) in [7, 11) is 0. The Balaban J connectivity index is 1.40. The Labute approximate surface area is 173 Å². The maximum absolute atomic E-state index is 8.91. The molecule has 142 valence electrons. The van der Waals surface area contributed by atoms with Gasteiger partial charge in [-0.15, -0.1) is 47.0 Å². The number of rotatable bonds is 13. The molecule has 4 atom stereocenters. The van der Waals surface area contributed by atoms with E-state index in [-0.39, 0.29) is 0 Å². The van der Waals surface area contributed by atoms with E-state index in [1.54, 1.807) is 0 Å². The van der Waals surface area contributed by atoms with Crippen LogP contribution in [0.2, 0.25) is 0 Å². The van der Waals surface area contributed by atoms with Crippen molar-refractivity contribution in [2.45, 2.75) is 45.3 Å². The average Bonchev–Trinajstić information content (AvgIpc) is 3.23. The summed E-state index contributed by atoms with van der Waals surface area (Å²) >= 11 is 12.8. The van der Waals surface area contributed by atoms with Crippen molar-refractivity contribution in [1.82, 2.24) is 0 Å². The molecule has 0 aromatic carbocycles. The molecule has 4 unspecified atom stereocenters. The van der Waals surface area contributed by atoms with E-state index in [0.717, 1.165) is 32.5 Å². The molecule has 2 aliphatic heterocycles. The highest BCUT2D eigenvalue weighted by molar-refractivity contribution is 8.22. The zero-order valence-electron chi connectivity index (χ0n) is 14.1. The molecule has 2 rings (SSSR count). The number of aliphatic hydroxyl groups is 2. The van der Waals surface area contributed by atoms with Gasteiger partial charge in [-0.2, -0.15) is 23.5 Å². The van der Waals surface area contributed by atoms with Gasteiger partial charge in [0.05, 0.1) is 9.16 Å². The molecule has 2 N–H and O–H groups in total. The Morgan fingerprint density at radius 2 is 1.21 bits per heavy atom. The SMILES string of the molecule is OCCCC1CSC(CSCCSCC2SCC(CCCO)S2)S1. The highest BCUT2D eigenvalue weighted by atomic mass is 32.2. The summed E-state index contributed by atoms with van der Waals surface area (Å²) in [6.45, 7) is 0.691. The van der Waals surface area contributed by atoms with Crippen LogP contribution in [0.3, 0.4) is 0 Å². The van der Waals surface area contributed by atoms with E-state index in [4.69, 9.17) is 10.2 Å². The van der Waals surface area contributed by atoms with Crippen molar-refractivity contribution in [3.8, 4) is 0 Å². The molecule has 0 aromatic rings. The largest absolute Gasteiger partial charge is 0.396 e. The third kappa shape index (κ3) is 9.29. The zero-order valence-corrected chi connectivity index (χ0v) is 19.0. The monoisotopic (exact) mass is 446 g/mol. The van der Waals surface area contributed by atoms with Crippen LogP contribution >= 0.6 is 70.6 Å². The number of hydrogen-bond acceptors (Lipinski definition) is 8. The molecule has 0 aromatic heterocycles. The average molecular weight is 447 g/mol. The summed E-state index contributed by atoms with van der Waals surface area (Å²) in [6.07, 6.45) is 4.29. The molecular weight excluding hydrogens is 417 g/mol. The molecule has 2 heterocycles. The summed E-state index contributed by atoms with van der Waals surface area (Å²) < 4.78 is 1.55. The lowest BCUT2D eigenvalue weighted by Gasteiger charge is -2.11. The molecule has 2 saturated heterocycles. The highest BCUT2D eigenvalue weighted by Gasteiger charge is 2.26. The van der Waals surface area contributed by atoms with Crippen molar-refractivity contribution in [2.24, 2.45) is 0 Å². The van der Waals surface area contributed by atoms with Crippen molar-refractivity contribution in [3.05, 3.63) is 0 Å². The summed E-state index contributed by atoms with van der Waals surface area (Å²) in [6, 6.07) is 0. The first kappa shape index (κ1) is 22.3. The molecule has 0 radical (unpaired) electrons. The normalized spacial score (nSPS) is 30.2. The topological polar surface area (TPSA) is 40.5 Å². The van der Waals surface area contributed by atoms with Gasteiger partial charge in [-0.3, -0.25) is 0 Å². The zero-order chi connectivity index (χ0) is 17.0. The van der Waals surface area contributed by atoms with Crippen LogP contribution in [0.5, 0.6) is 0 Å². The maximum Gasteiger partial charge on any atom is 0.0596 e. The fraction of sp³-hybridized carbons (Fsp3) is 1.00. The van der Waals surface area contributed by atoms with Gasteiger partial charge in [-0.25, -0.2) is 0 Å². The predicted molar refractivity (Wildman–Crippen MR) is 123 cm³/mol.